The third-order valence-electron chi connectivity index (χ3n) is 3.11. The molecular weight excluding hydrogens is 336 g/mol. The van der Waals surface area contributed by atoms with Crippen LogP contribution in [-0.2, 0) is 11.3 Å². The van der Waals surface area contributed by atoms with Crippen LogP contribution in [0.4, 0.5) is 0 Å². The molecule has 0 saturated carbocycles. The second-order valence-electron chi connectivity index (χ2n) is 4.51. The predicted octanol–water partition coefficient (Wildman–Crippen LogP) is 4.58. The Morgan fingerprint density at radius 1 is 1.36 bits per heavy atom. The van der Waals surface area contributed by atoms with Crippen LogP contribution in [0.5, 0.6) is 0 Å². The number of hydrogen-bond acceptors (Lipinski definition) is 3. The van der Waals surface area contributed by atoms with Gasteiger partial charge in [-0.3, -0.25) is 4.79 Å². The zero-order chi connectivity index (χ0) is 15.5. The molecule has 6 heteroatoms. The lowest BCUT2D eigenvalue weighted by molar-refractivity contribution is -0.113. The van der Waals surface area contributed by atoms with Crippen molar-refractivity contribution in [3.05, 3.63) is 56.5 Å². The van der Waals surface area contributed by atoms with Gasteiger partial charge in [0.2, 0.25) is 0 Å². The van der Waals surface area contributed by atoms with Crippen molar-refractivity contribution in [2.75, 3.05) is 0 Å². The number of nitrogens with zero attached hydrogens (tertiary/aromatic N) is 2. The SMILES string of the molecule is CCn1c(=NC(=O)C=Cc2cccs2)sc2cccc(Cl)c21. The summed E-state index contributed by atoms with van der Waals surface area (Å²) < 4.78 is 3.00. The van der Waals surface area contributed by atoms with Crippen molar-refractivity contribution in [2.24, 2.45) is 4.99 Å². The van der Waals surface area contributed by atoms with E-state index in [0.29, 0.717) is 16.4 Å². The van der Waals surface area contributed by atoms with E-state index in [-0.39, 0.29) is 5.91 Å². The second-order valence-corrected chi connectivity index (χ2v) is 6.91. The fourth-order valence-electron chi connectivity index (χ4n) is 2.14. The summed E-state index contributed by atoms with van der Waals surface area (Å²) in [5.41, 5.74) is 0.936. The van der Waals surface area contributed by atoms with Crippen LogP contribution in [0.1, 0.15) is 11.8 Å². The molecule has 1 aromatic carbocycles. The van der Waals surface area contributed by atoms with E-state index in [1.54, 1.807) is 17.4 Å². The minimum absolute atomic E-state index is 0.265. The quantitative estimate of drug-likeness (QED) is 0.638. The Morgan fingerprint density at radius 3 is 2.95 bits per heavy atom. The summed E-state index contributed by atoms with van der Waals surface area (Å²) >= 11 is 9.32. The molecule has 0 spiro atoms. The van der Waals surface area contributed by atoms with Gasteiger partial charge >= 0.3 is 0 Å². The molecule has 3 aromatic rings. The first kappa shape index (κ1) is 15.2. The van der Waals surface area contributed by atoms with Crippen LogP contribution in [0.25, 0.3) is 16.3 Å². The van der Waals surface area contributed by atoms with E-state index in [4.69, 9.17) is 11.6 Å². The molecule has 0 aliphatic carbocycles. The molecule has 3 rings (SSSR count). The van der Waals surface area contributed by atoms with Gasteiger partial charge in [0.15, 0.2) is 4.80 Å². The lowest BCUT2D eigenvalue weighted by Gasteiger charge is -2.01. The highest BCUT2D eigenvalue weighted by atomic mass is 35.5. The summed E-state index contributed by atoms with van der Waals surface area (Å²) in [5.74, 6) is -0.265. The third-order valence-corrected chi connectivity index (χ3v) is 5.29. The number of hydrogen-bond donors (Lipinski definition) is 0. The van der Waals surface area contributed by atoms with Gasteiger partial charge in [-0.1, -0.05) is 35.1 Å². The number of rotatable bonds is 3. The first-order valence-electron chi connectivity index (χ1n) is 6.77. The van der Waals surface area contributed by atoms with E-state index in [1.165, 1.54) is 17.4 Å². The van der Waals surface area contributed by atoms with E-state index >= 15 is 0 Å². The highest BCUT2D eigenvalue weighted by Gasteiger charge is 2.08. The number of amides is 1. The van der Waals surface area contributed by atoms with Crippen molar-refractivity contribution in [3.63, 3.8) is 0 Å². The molecule has 0 atom stereocenters. The molecule has 0 radical (unpaired) electrons. The molecule has 22 heavy (non-hydrogen) atoms. The van der Waals surface area contributed by atoms with Gasteiger partial charge in [0.25, 0.3) is 5.91 Å². The van der Waals surface area contributed by atoms with Crippen LogP contribution in [0.2, 0.25) is 5.02 Å². The Kier molecular flexibility index (Phi) is 4.57. The molecular formula is C16H13ClN2OS2. The second kappa shape index (κ2) is 6.60. The van der Waals surface area contributed by atoms with Gasteiger partial charge in [-0.2, -0.15) is 4.99 Å². The minimum atomic E-state index is -0.265. The molecule has 0 saturated heterocycles. The third kappa shape index (κ3) is 3.06. The molecule has 2 heterocycles. The summed E-state index contributed by atoms with van der Waals surface area (Å²) in [6, 6.07) is 9.66. The summed E-state index contributed by atoms with van der Waals surface area (Å²) in [5, 5.41) is 2.65. The fourth-order valence-corrected chi connectivity index (χ4v) is 4.21. The molecule has 1 amide bonds. The van der Waals surface area contributed by atoms with Gasteiger partial charge in [0, 0.05) is 17.5 Å². The van der Waals surface area contributed by atoms with Crippen LogP contribution in [0.15, 0.2) is 46.8 Å². The van der Waals surface area contributed by atoms with E-state index in [1.807, 2.05) is 47.2 Å². The van der Waals surface area contributed by atoms with Gasteiger partial charge in [-0.25, -0.2) is 0 Å². The van der Waals surface area contributed by atoms with Gasteiger partial charge in [0.1, 0.15) is 0 Å². The van der Waals surface area contributed by atoms with Crippen LogP contribution in [0, 0.1) is 0 Å². The van der Waals surface area contributed by atoms with Crippen molar-refractivity contribution in [1.29, 1.82) is 0 Å². The largest absolute Gasteiger partial charge is 0.315 e. The normalized spacial score (nSPS) is 12.5. The Labute approximate surface area is 140 Å². The predicted molar refractivity (Wildman–Crippen MR) is 94.4 cm³/mol. The lowest BCUT2D eigenvalue weighted by Crippen LogP contribution is -2.15. The first-order chi connectivity index (χ1) is 10.7. The van der Waals surface area contributed by atoms with E-state index in [2.05, 4.69) is 4.99 Å². The van der Waals surface area contributed by atoms with Crippen molar-refractivity contribution in [2.45, 2.75) is 13.5 Å². The number of halogens is 1. The molecule has 0 unspecified atom stereocenters. The molecule has 0 bridgehead atoms. The number of aromatic nitrogens is 1. The minimum Gasteiger partial charge on any atom is -0.315 e. The number of aryl methyl sites for hydroxylation is 1. The number of para-hydroxylation sites is 1. The number of carbonyl (C=O) groups excluding carboxylic acids is 1. The van der Waals surface area contributed by atoms with Crippen molar-refractivity contribution < 1.29 is 4.79 Å². The van der Waals surface area contributed by atoms with Crippen LogP contribution in [-0.4, -0.2) is 10.5 Å². The molecule has 0 fully saturated rings. The topological polar surface area (TPSA) is 34.4 Å². The Balaban J connectivity index is 2.02. The highest BCUT2D eigenvalue weighted by molar-refractivity contribution is 7.16. The van der Waals surface area contributed by atoms with Gasteiger partial charge in [-0.05, 0) is 36.6 Å². The smallest absolute Gasteiger partial charge is 0.272 e. The maximum Gasteiger partial charge on any atom is 0.272 e. The number of carbonyl (C=O) groups is 1. The molecule has 0 aliphatic rings. The number of benzene rings is 1. The molecule has 3 nitrogen and oxygen atoms in total. The number of fused-ring (bicyclic) bond motifs is 1. The van der Waals surface area contributed by atoms with E-state index in [0.717, 1.165) is 15.1 Å². The van der Waals surface area contributed by atoms with Crippen LogP contribution < -0.4 is 4.80 Å². The maximum absolute atomic E-state index is 12.0. The van der Waals surface area contributed by atoms with E-state index in [9.17, 15) is 4.79 Å². The Hall–Kier alpha value is -1.69. The number of thiophene rings is 1. The maximum atomic E-state index is 12.0. The van der Waals surface area contributed by atoms with E-state index < -0.39 is 0 Å². The Morgan fingerprint density at radius 2 is 2.23 bits per heavy atom. The van der Waals surface area contributed by atoms with Crippen molar-refractivity contribution in [3.8, 4) is 0 Å². The zero-order valence-electron chi connectivity index (χ0n) is 11.8. The van der Waals surface area contributed by atoms with Crippen LogP contribution >= 0.6 is 34.3 Å². The Bertz CT molecular complexity index is 904. The van der Waals surface area contributed by atoms with Gasteiger partial charge in [-0.15, -0.1) is 11.3 Å². The molecule has 2 aromatic heterocycles. The van der Waals surface area contributed by atoms with Gasteiger partial charge < -0.3 is 4.57 Å². The molecule has 112 valence electrons. The lowest BCUT2D eigenvalue weighted by atomic mass is 10.3. The summed E-state index contributed by atoms with van der Waals surface area (Å²) in [6.45, 7) is 2.73. The summed E-state index contributed by atoms with van der Waals surface area (Å²) in [6.07, 6.45) is 3.28. The summed E-state index contributed by atoms with van der Waals surface area (Å²) in [7, 11) is 0. The molecule has 0 aliphatic heterocycles. The highest BCUT2D eigenvalue weighted by Crippen LogP contribution is 2.25. The average Bonchev–Trinajstić information content (AvgIpc) is 3.12. The zero-order valence-corrected chi connectivity index (χ0v) is 14.2. The monoisotopic (exact) mass is 348 g/mol. The van der Waals surface area contributed by atoms with Crippen molar-refractivity contribution in [1.82, 2.24) is 4.57 Å². The first-order valence-corrected chi connectivity index (χ1v) is 8.84. The number of thiazole rings is 1. The van der Waals surface area contributed by atoms with Crippen molar-refractivity contribution >= 4 is 56.5 Å². The fraction of sp³-hybridized carbons (Fsp3) is 0.125. The molecule has 0 N–H and O–H groups in total. The van der Waals surface area contributed by atoms with Crippen LogP contribution in [0.3, 0.4) is 0 Å². The summed E-state index contributed by atoms with van der Waals surface area (Å²) in [4.78, 5) is 18.0. The average molecular weight is 349 g/mol. The standard InChI is InChI=1S/C16H13ClN2OS2/c1-2-19-15-12(17)6-3-7-13(15)22-16(19)18-14(20)9-8-11-5-4-10-21-11/h3-10H,2H2,1H3. The van der Waals surface area contributed by atoms with Gasteiger partial charge in [0.05, 0.1) is 15.2 Å².